The fourth-order valence-corrected chi connectivity index (χ4v) is 4.32. The average molecular weight is 407 g/mol. The van der Waals surface area contributed by atoms with Crippen molar-refractivity contribution >= 4 is 5.91 Å². The lowest BCUT2D eigenvalue weighted by atomic mass is 9.90. The molecule has 0 radical (unpaired) electrons. The molecule has 3 aromatic rings. The number of ether oxygens (including phenoxy) is 1. The number of amides is 1. The van der Waals surface area contributed by atoms with Crippen LogP contribution in [-0.2, 0) is 6.42 Å². The Bertz CT molecular complexity index is 1210. The summed E-state index contributed by atoms with van der Waals surface area (Å²) in [4.78, 5) is 43.3. The number of carbonyl (C=O) groups is 1. The van der Waals surface area contributed by atoms with E-state index in [1.807, 2.05) is 30.3 Å². The number of fused-ring (bicyclic) bond motifs is 1. The predicted molar refractivity (Wildman–Crippen MR) is 109 cm³/mol. The molecular formula is C21H21N5O4. The first kappa shape index (κ1) is 18.4. The van der Waals surface area contributed by atoms with Crippen LogP contribution in [0, 0.1) is 0 Å². The number of nitrogens with one attached hydrogen (secondary N) is 3. The van der Waals surface area contributed by atoms with E-state index in [1.165, 1.54) is 0 Å². The molecule has 1 unspecified atom stereocenters. The van der Waals surface area contributed by atoms with Gasteiger partial charge in [-0.25, -0.2) is 4.79 Å². The fourth-order valence-electron chi connectivity index (χ4n) is 4.32. The van der Waals surface area contributed by atoms with E-state index in [1.54, 1.807) is 11.0 Å². The van der Waals surface area contributed by atoms with Crippen LogP contribution in [0.25, 0.3) is 11.3 Å². The number of likely N-dealkylation sites (tertiary alicyclic amines) is 1. The summed E-state index contributed by atoms with van der Waals surface area (Å²) >= 11 is 0. The minimum atomic E-state index is -0.574. The number of carbonyl (C=O) groups excluding carboxylic acids is 1. The molecule has 2 aliphatic rings. The Hall–Kier alpha value is -3.62. The standard InChI is InChI=1S/C21H21N5O4/c27-17-14-12-21(30-18(14)23-20(29)22-17)7-4-9-26(10-8-21)19(28)16-11-15(24-25-16)13-5-2-1-3-6-13/h1-3,5-6,11H,4,7-10,12H2,(H,24,25)(H2,22,23,27,29). The highest BCUT2D eigenvalue weighted by Crippen LogP contribution is 2.38. The summed E-state index contributed by atoms with van der Waals surface area (Å²) in [6.07, 6.45) is 2.44. The smallest absolute Gasteiger partial charge is 0.328 e. The molecule has 2 aromatic heterocycles. The molecule has 30 heavy (non-hydrogen) atoms. The Morgan fingerprint density at radius 3 is 2.77 bits per heavy atom. The Balaban J connectivity index is 1.31. The van der Waals surface area contributed by atoms with Gasteiger partial charge in [-0.3, -0.25) is 24.7 Å². The molecule has 0 saturated carbocycles. The molecule has 1 aromatic carbocycles. The summed E-state index contributed by atoms with van der Waals surface area (Å²) in [5.41, 5.74) is 1.03. The number of hydrogen-bond donors (Lipinski definition) is 3. The maximum Gasteiger partial charge on any atom is 0.328 e. The van der Waals surface area contributed by atoms with Gasteiger partial charge in [0, 0.05) is 31.5 Å². The predicted octanol–water partition coefficient (Wildman–Crippen LogP) is 1.45. The highest BCUT2D eigenvalue weighted by atomic mass is 16.5. The molecule has 1 fully saturated rings. The van der Waals surface area contributed by atoms with Crippen molar-refractivity contribution in [3.05, 3.63) is 68.5 Å². The second kappa shape index (κ2) is 7.01. The fraction of sp³-hybridized carbons (Fsp3) is 0.333. The number of hydrogen-bond acceptors (Lipinski definition) is 5. The van der Waals surface area contributed by atoms with E-state index in [4.69, 9.17) is 4.74 Å². The van der Waals surface area contributed by atoms with E-state index in [-0.39, 0.29) is 11.8 Å². The number of benzene rings is 1. The van der Waals surface area contributed by atoms with E-state index < -0.39 is 16.9 Å². The van der Waals surface area contributed by atoms with Gasteiger partial charge in [-0.05, 0) is 18.9 Å². The van der Waals surface area contributed by atoms with Crippen LogP contribution in [0.4, 0.5) is 0 Å². The van der Waals surface area contributed by atoms with Crippen LogP contribution in [0.15, 0.2) is 46.0 Å². The molecule has 9 nitrogen and oxygen atoms in total. The monoisotopic (exact) mass is 407 g/mol. The number of rotatable bonds is 2. The zero-order chi connectivity index (χ0) is 20.7. The van der Waals surface area contributed by atoms with Gasteiger partial charge in [-0.1, -0.05) is 30.3 Å². The molecule has 1 amide bonds. The molecule has 154 valence electrons. The van der Waals surface area contributed by atoms with Crippen LogP contribution in [-0.4, -0.2) is 49.7 Å². The quantitative estimate of drug-likeness (QED) is 0.593. The molecule has 1 atom stereocenters. The van der Waals surface area contributed by atoms with Crippen LogP contribution in [0.2, 0.25) is 0 Å². The summed E-state index contributed by atoms with van der Waals surface area (Å²) in [6, 6.07) is 11.4. The average Bonchev–Trinajstić information content (AvgIpc) is 3.31. The van der Waals surface area contributed by atoms with Gasteiger partial charge in [0.15, 0.2) is 0 Å². The second-order valence-electron chi connectivity index (χ2n) is 7.86. The van der Waals surface area contributed by atoms with Crippen molar-refractivity contribution in [2.75, 3.05) is 13.1 Å². The van der Waals surface area contributed by atoms with E-state index in [0.29, 0.717) is 43.6 Å². The number of aromatic amines is 3. The lowest BCUT2D eigenvalue weighted by molar-refractivity contribution is 0.0654. The Morgan fingerprint density at radius 2 is 1.93 bits per heavy atom. The summed E-state index contributed by atoms with van der Waals surface area (Å²) < 4.78 is 6.04. The lowest BCUT2D eigenvalue weighted by Crippen LogP contribution is -2.37. The molecule has 3 N–H and O–H groups in total. The van der Waals surface area contributed by atoms with Gasteiger partial charge in [0.2, 0.25) is 5.88 Å². The van der Waals surface area contributed by atoms with Gasteiger partial charge in [0.25, 0.3) is 11.5 Å². The van der Waals surface area contributed by atoms with Crippen LogP contribution in [0.1, 0.15) is 35.3 Å². The van der Waals surface area contributed by atoms with Crippen molar-refractivity contribution in [3.63, 3.8) is 0 Å². The summed E-state index contributed by atoms with van der Waals surface area (Å²) in [7, 11) is 0. The minimum Gasteiger partial charge on any atom is -0.471 e. The van der Waals surface area contributed by atoms with Gasteiger partial charge in [-0.2, -0.15) is 5.10 Å². The third kappa shape index (κ3) is 3.22. The van der Waals surface area contributed by atoms with Gasteiger partial charge in [0.1, 0.15) is 11.3 Å². The molecule has 1 spiro atoms. The highest BCUT2D eigenvalue weighted by Gasteiger charge is 2.43. The van der Waals surface area contributed by atoms with Crippen molar-refractivity contribution in [1.29, 1.82) is 0 Å². The molecule has 0 bridgehead atoms. The van der Waals surface area contributed by atoms with Crippen LogP contribution < -0.4 is 16.0 Å². The van der Waals surface area contributed by atoms with E-state index >= 15 is 0 Å². The van der Waals surface area contributed by atoms with Crippen LogP contribution in [0.5, 0.6) is 5.88 Å². The van der Waals surface area contributed by atoms with Crippen molar-refractivity contribution in [2.24, 2.45) is 0 Å². The van der Waals surface area contributed by atoms with Gasteiger partial charge < -0.3 is 9.64 Å². The third-order valence-corrected chi connectivity index (χ3v) is 5.88. The molecule has 2 aliphatic heterocycles. The van der Waals surface area contributed by atoms with Crippen molar-refractivity contribution in [2.45, 2.75) is 31.3 Å². The van der Waals surface area contributed by atoms with Crippen molar-refractivity contribution < 1.29 is 9.53 Å². The minimum absolute atomic E-state index is 0.108. The second-order valence-corrected chi connectivity index (χ2v) is 7.86. The summed E-state index contributed by atoms with van der Waals surface area (Å²) in [5, 5.41) is 7.13. The Morgan fingerprint density at radius 1 is 1.10 bits per heavy atom. The Labute approximate surface area is 171 Å². The largest absolute Gasteiger partial charge is 0.471 e. The van der Waals surface area contributed by atoms with Gasteiger partial charge in [0.05, 0.1) is 11.3 Å². The first-order valence-corrected chi connectivity index (χ1v) is 9.98. The molecule has 5 rings (SSSR count). The zero-order valence-electron chi connectivity index (χ0n) is 16.2. The number of nitrogens with zero attached hydrogens (tertiary/aromatic N) is 2. The van der Waals surface area contributed by atoms with Crippen molar-refractivity contribution in [1.82, 2.24) is 25.1 Å². The summed E-state index contributed by atoms with van der Waals surface area (Å²) in [6.45, 7) is 1.08. The van der Waals surface area contributed by atoms with Crippen molar-refractivity contribution in [3.8, 4) is 17.1 Å². The SMILES string of the molecule is O=C(c1cc(-c2ccccc2)n[nH]1)N1CCCC2(CC1)Cc1c([nH]c(=O)[nH]c1=O)O2. The molecule has 1 saturated heterocycles. The first-order chi connectivity index (χ1) is 14.5. The van der Waals surface area contributed by atoms with Crippen LogP contribution >= 0.6 is 0 Å². The molecule has 4 heterocycles. The first-order valence-electron chi connectivity index (χ1n) is 9.98. The summed E-state index contributed by atoms with van der Waals surface area (Å²) in [5.74, 6) is 0.146. The lowest BCUT2D eigenvalue weighted by Gasteiger charge is -2.27. The van der Waals surface area contributed by atoms with E-state index in [2.05, 4.69) is 20.2 Å². The topological polar surface area (TPSA) is 124 Å². The van der Waals surface area contributed by atoms with E-state index in [0.717, 1.165) is 17.7 Å². The molecule has 0 aliphatic carbocycles. The number of aromatic nitrogens is 4. The van der Waals surface area contributed by atoms with Gasteiger partial charge in [-0.15, -0.1) is 0 Å². The Kier molecular flexibility index (Phi) is 4.30. The zero-order valence-corrected chi connectivity index (χ0v) is 16.2. The molecule has 9 heteroatoms. The number of H-pyrrole nitrogens is 3. The molecular weight excluding hydrogens is 386 g/mol. The maximum atomic E-state index is 13.0. The normalized spacial score (nSPS) is 20.6. The van der Waals surface area contributed by atoms with E-state index in [9.17, 15) is 14.4 Å². The maximum absolute atomic E-state index is 13.0. The van der Waals surface area contributed by atoms with Crippen LogP contribution in [0.3, 0.4) is 0 Å². The van der Waals surface area contributed by atoms with Gasteiger partial charge >= 0.3 is 5.69 Å². The highest BCUT2D eigenvalue weighted by molar-refractivity contribution is 5.93. The third-order valence-electron chi connectivity index (χ3n) is 5.88.